The van der Waals surface area contributed by atoms with Gasteiger partial charge in [0, 0.05) is 22.3 Å². The molecule has 210 valence electrons. The Morgan fingerprint density at radius 1 is 0.583 bits per heavy atom. The molecule has 36 heavy (non-hydrogen) atoms. The molecule has 4 heteroatoms. The molecule has 0 spiro atoms. The molecule has 1 aromatic rings. The Bertz CT molecular complexity index is 781. The van der Waals surface area contributed by atoms with E-state index < -0.39 is 16.6 Å². The highest BCUT2D eigenvalue weighted by atomic mass is 28.4. The van der Waals surface area contributed by atoms with Gasteiger partial charge in [-0.05, 0) is 71.1 Å². The number of rotatable bonds is 16. The molecule has 0 unspecified atom stereocenters. The van der Waals surface area contributed by atoms with Crippen molar-refractivity contribution in [2.24, 2.45) is 10.8 Å². The van der Waals surface area contributed by atoms with E-state index in [4.69, 9.17) is 8.85 Å². The van der Waals surface area contributed by atoms with E-state index in [-0.39, 0.29) is 16.2 Å². The number of hydrogen-bond acceptors (Lipinski definition) is 2. The molecular weight excluding hydrogens is 473 g/mol. The molecule has 0 bridgehead atoms. The lowest BCUT2D eigenvalue weighted by molar-refractivity contribution is 0.223. The van der Waals surface area contributed by atoms with Crippen LogP contribution in [0.3, 0.4) is 0 Å². The zero-order valence-corrected chi connectivity index (χ0v) is 28.8. The van der Waals surface area contributed by atoms with Crippen molar-refractivity contribution >= 4 is 16.6 Å². The van der Waals surface area contributed by atoms with E-state index in [9.17, 15) is 0 Å². The molecule has 0 aliphatic rings. The van der Waals surface area contributed by atoms with Gasteiger partial charge in [0.2, 0.25) is 0 Å². The second kappa shape index (κ2) is 12.6. The van der Waals surface area contributed by atoms with Crippen molar-refractivity contribution in [2.75, 3.05) is 14.2 Å². The molecule has 2 nitrogen and oxygen atoms in total. The van der Waals surface area contributed by atoms with Gasteiger partial charge in [-0.1, -0.05) is 118 Å². The third-order valence-electron chi connectivity index (χ3n) is 8.42. The molecule has 0 saturated heterocycles. The van der Waals surface area contributed by atoms with Crippen molar-refractivity contribution in [3.05, 3.63) is 35.4 Å². The Hall–Kier alpha value is -0.426. The van der Waals surface area contributed by atoms with E-state index in [1.807, 2.05) is 0 Å². The van der Waals surface area contributed by atoms with E-state index in [2.05, 4.69) is 106 Å². The molecule has 0 radical (unpaired) electrons. The van der Waals surface area contributed by atoms with Crippen LogP contribution in [0.15, 0.2) is 24.3 Å². The van der Waals surface area contributed by atoms with Gasteiger partial charge in [0.1, 0.15) is 0 Å². The van der Waals surface area contributed by atoms with Gasteiger partial charge in [-0.15, -0.1) is 0 Å². The van der Waals surface area contributed by atoms with E-state index in [1.165, 1.54) is 49.3 Å². The Kier molecular flexibility index (Phi) is 11.8. The summed E-state index contributed by atoms with van der Waals surface area (Å²) in [5.41, 5.74) is 3.91. The first kappa shape index (κ1) is 33.6. The number of benzene rings is 1. The van der Waals surface area contributed by atoms with E-state index >= 15 is 0 Å². The standard InChI is InChI=1S/C32H62O2Si2/c1-29(2,21-15-23-35(11,12)13)25-31(5,6)27-17-19-28(20-18-27)32(7,8)26-30(3,4)22-16-24-36(14,33-9)34-10/h17-20H,15-16,21-26H2,1-14H3. The maximum atomic E-state index is 5.69. The van der Waals surface area contributed by atoms with Gasteiger partial charge in [-0.2, -0.15) is 0 Å². The zero-order valence-electron chi connectivity index (χ0n) is 26.8. The summed E-state index contributed by atoms with van der Waals surface area (Å²) in [7, 11) is 0.666. The van der Waals surface area contributed by atoms with Crippen LogP contribution in [0.5, 0.6) is 0 Å². The highest BCUT2D eigenvalue weighted by molar-refractivity contribution is 6.76. The first-order chi connectivity index (χ1) is 16.2. The molecule has 0 saturated carbocycles. The summed E-state index contributed by atoms with van der Waals surface area (Å²) in [6.45, 7) is 29.2. The van der Waals surface area contributed by atoms with Crippen LogP contribution in [0.2, 0.25) is 38.3 Å². The van der Waals surface area contributed by atoms with Crippen molar-refractivity contribution in [2.45, 2.75) is 143 Å². The molecule has 0 amide bonds. The summed E-state index contributed by atoms with van der Waals surface area (Å²) in [5, 5.41) is 0. The summed E-state index contributed by atoms with van der Waals surface area (Å²) >= 11 is 0. The predicted octanol–water partition coefficient (Wildman–Crippen LogP) is 10.3. The Morgan fingerprint density at radius 3 is 1.22 bits per heavy atom. The highest BCUT2D eigenvalue weighted by Gasteiger charge is 2.34. The van der Waals surface area contributed by atoms with Crippen LogP contribution in [0.25, 0.3) is 0 Å². The summed E-state index contributed by atoms with van der Waals surface area (Å²) in [4.78, 5) is 0. The van der Waals surface area contributed by atoms with Crippen LogP contribution in [-0.4, -0.2) is 30.9 Å². The monoisotopic (exact) mass is 534 g/mol. The minimum atomic E-state index is -1.98. The summed E-state index contributed by atoms with van der Waals surface area (Å²) < 4.78 is 11.4. The van der Waals surface area contributed by atoms with Crippen LogP contribution >= 0.6 is 0 Å². The van der Waals surface area contributed by atoms with Crippen LogP contribution in [0.4, 0.5) is 0 Å². The average molecular weight is 535 g/mol. The maximum Gasteiger partial charge on any atom is 0.334 e. The van der Waals surface area contributed by atoms with E-state index in [0.29, 0.717) is 5.41 Å². The Labute approximate surface area is 228 Å². The quantitative estimate of drug-likeness (QED) is 0.196. The van der Waals surface area contributed by atoms with Crippen molar-refractivity contribution in [1.29, 1.82) is 0 Å². The SMILES string of the molecule is CO[Si](C)(CCCC(C)(C)CC(C)(C)c1ccc(C(C)(C)CC(C)(C)CCC[Si](C)(C)C)cc1)OC. The lowest BCUT2D eigenvalue weighted by atomic mass is 9.68. The zero-order chi connectivity index (χ0) is 28.1. The van der Waals surface area contributed by atoms with E-state index in [0.717, 1.165) is 12.5 Å². The smallest absolute Gasteiger partial charge is 0.334 e. The van der Waals surface area contributed by atoms with Gasteiger partial charge in [0.05, 0.1) is 0 Å². The van der Waals surface area contributed by atoms with Crippen molar-refractivity contribution < 1.29 is 8.85 Å². The van der Waals surface area contributed by atoms with Gasteiger partial charge in [0.25, 0.3) is 0 Å². The highest BCUT2D eigenvalue weighted by Crippen LogP contribution is 2.43. The summed E-state index contributed by atoms with van der Waals surface area (Å²) in [6.07, 6.45) is 7.47. The summed E-state index contributed by atoms with van der Waals surface area (Å²) in [5.74, 6) is 0. The molecule has 0 N–H and O–H groups in total. The van der Waals surface area contributed by atoms with Crippen LogP contribution in [0, 0.1) is 10.8 Å². The van der Waals surface area contributed by atoms with Crippen molar-refractivity contribution in [3.8, 4) is 0 Å². The fraction of sp³-hybridized carbons (Fsp3) is 0.812. The third kappa shape index (κ3) is 11.5. The molecule has 1 rings (SSSR count). The predicted molar refractivity (Wildman–Crippen MR) is 166 cm³/mol. The minimum absolute atomic E-state index is 0.144. The second-order valence-corrected chi connectivity index (χ2v) is 25.0. The first-order valence-corrected chi connectivity index (χ1v) is 20.6. The fourth-order valence-corrected chi connectivity index (χ4v) is 9.05. The molecule has 0 aliphatic heterocycles. The van der Waals surface area contributed by atoms with Crippen molar-refractivity contribution in [1.82, 2.24) is 0 Å². The number of hydrogen-bond donors (Lipinski definition) is 0. The molecule has 0 aromatic heterocycles. The van der Waals surface area contributed by atoms with E-state index in [1.54, 1.807) is 14.2 Å². The molecule has 0 aliphatic carbocycles. The molecule has 1 aromatic carbocycles. The fourth-order valence-electron chi connectivity index (χ4n) is 6.42. The Morgan fingerprint density at radius 2 is 0.917 bits per heavy atom. The molecular formula is C32H62O2Si2. The van der Waals surface area contributed by atoms with Gasteiger partial charge >= 0.3 is 8.56 Å². The van der Waals surface area contributed by atoms with Gasteiger partial charge < -0.3 is 8.85 Å². The van der Waals surface area contributed by atoms with Gasteiger partial charge in [0.15, 0.2) is 0 Å². The van der Waals surface area contributed by atoms with Crippen LogP contribution < -0.4 is 0 Å². The molecule has 0 heterocycles. The van der Waals surface area contributed by atoms with Crippen LogP contribution in [-0.2, 0) is 19.7 Å². The lowest BCUT2D eigenvalue weighted by Crippen LogP contribution is -2.36. The van der Waals surface area contributed by atoms with Crippen molar-refractivity contribution in [3.63, 3.8) is 0 Å². The minimum Gasteiger partial charge on any atom is -0.398 e. The van der Waals surface area contributed by atoms with Gasteiger partial charge in [-0.3, -0.25) is 0 Å². The first-order valence-electron chi connectivity index (χ1n) is 14.4. The molecule has 0 atom stereocenters. The normalized spacial score (nSPS) is 14.4. The lowest BCUT2D eigenvalue weighted by Gasteiger charge is -2.38. The Balaban J connectivity index is 2.82. The largest absolute Gasteiger partial charge is 0.398 e. The van der Waals surface area contributed by atoms with Gasteiger partial charge in [-0.25, -0.2) is 0 Å². The summed E-state index contributed by atoms with van der Waals surface area (Å²) in [6, 6.07) is 12.1. The average Bonchev–Trinajstić information content (AvgIpc) is 2.70. The molecule has 0 fully saturated rings. The maximum absolute atomic E-state index is 5.69. The third-order valence-corrected chi connectivity index (χ3v) is 13.3. The van der Waals surface area contributed by atoms with Crippen LogP contribution in [0.1, 0.15) is 105 Å². The second-order valence-electron chi connectivity index (χ2n) is 15.8. The topological polar surface area (TPSA) is 18.5 Å².